The lowest BCUT2D eigenvalue weighted by molar-refractivity contribution is -0.137. The minimum Gasteiger partial charge on any atom is -0.324 e. The zero-order valence-corrected chi connectivity index (χ0v) is 15.1. The summed E-state index contributed by atoms with van der Waals surface area (Å²) >= 11 is 6.18. The van der Waals surface area contributed by atoms with Crippen molar-refractivity contribution >= 4 is 49.2 Å². The van der Waals surface area contributed by atoms with Crippen LogP contribution in [0.5, 0.6) is 0 Å². The van der Waals surface area contributed by atoms with Crippen molar-refractivity contribution in [3.63, 3.8) is 0 Å². The minimum atomic E-state index is -4.66. The average molecular weight is 465 g/mol. The molecule has 24 heavy (non-hydrogen) atoms. The third-order valence-electron chi connectivity index (χ3n) is 3.12. The lowest BCUT2D eigenvalue weighted by atomic mass is 9.97. The highest BCUT2D eigenvalue weighted by Gasteiger charge is 2.35. The van der Waals surface area contributed by atoms with Crippen LogP contribution in [0.2, 0.25) is 0 Å². The summed E-state index contributed by atoms with van der Waals surface area (Å²) in [6.45, 7) is 0. The van der Waals surface area contributed by atoms with E-state index in [1.807, 2.05) is 0 Å². The van der Waals surface area contributed by atoms with Crippen molar-refractivity contribution in [2.24, 2.45) is 0 Å². The van der Waals surface area contributed by atoms with E-state index in [-0.39, 0.29) is 16.6 Å². The van der Waals surface area contributed by atoms with Crippen molar-refractivity contribution in [1.82, 2.24) is 0 Å². The minimum absolute atomic E-state index is 0.0128. The zero-order chi connectivity index (χ0) is 17.9. The van der Waals surface area contributed by atoms with Crippen LogP contribution >= 0.6 is 31.9 Å². The standard InChI is InChI=1S/C16H10Br2F3NO2/c17-8-13(23)22-14-10(5-3-7-12(14)18)15(24)9-4-1-2-6-11(9)16(19,20)21/h1-7H,8H2,(H,22,23). The van der Waals surface area contributed by atoms with Gasteiger partial charge in [0.1, 0.15) is 0 Å². The van der Waals surface area contributed by atoms with E-state index in [4.69, 9.17) is 0 Å². The van der Waals surface area contributed by atoms with Gasteiger partial charge in [-0.05, 0) is 34.1 Å². The predicted octanol–water partition coefficient (Wildman–Crippen LogP) is 5.03. The second-order valence-electron chi connectivity index (χ2n) is 4.72. The molecule has 0 heterocycles. The van der Waals surface area contributed by atoms with Gasteiger partial charge in [0.05, 0.1) is 16.6 Å². The Morgan fingerprint density at radius 3 is 2.25 bits per heavy atom. The van der Waals surface area contributed by atoms with Gasteiger partial charge in [0.2, 0.25) is 5.91 Å². The Bertz CT molecular complexity index is 791. The van der Waals surface area contributed by atoms with Crippen molar-refractivity contribution in [3.05, 3.63) is 63.6 Å². The molecule has 0 unspecified atom stereocenters. The van der Waals surface area contributed by atoms with Crippen LogP contribution in [0.1, 0.15) is 21.5 Å². The Hall–Kier alpha value is -1.67. The second-order valence-corrected chi connectivity index (χ2v) is 6.13. The number of anilines is 1. The van der Waals surface area contributed by atoms with Gasteiger partial charge in [-0.25, -0.2) is 0 Å². The molecule has 0 atom stereocenters. The molecule has 2 aromatic carbocycles. The first-order chi connectivity index (χ1) is 11.3. The van der Waals surface area contributed by atoms with Gasteiger partial charge in [-0.3, -0.25) is 9.59 Å². The molecule has 0 radical (unpaired) electrons. The molecule has 0 fully saturated rings. The molecule has 3 nitrogen and oxygen atoms in total. The van der Waals surface area contributed by atoms with Crippen molar-refractivity contribution in [2.75, 3.05) is 10.6 Å². The summed E-state index contributed by atoms with van der Waals surface area (Å²) in [5, 5.41) is 2.49. The topological polar surface area (TPSA) is 46.2 Å². The molecule has 0 spiro atoms. The van der Waals surface area contributed by atoms with Crippen molar-refractivity contribution in [2.45, 2.75) is 6.18 Å². The van der Waals surface area contributed by atoms with E-state index in [0.29, 0.717) is 4.47 Å². The number of amides is 1. The van der Waals surface area contributed by atoms with Gasteiger partial charge < -0.3 is 5.32 Å². The molecular formula is C16H10Br2F3NO2. The maximum atomic E-state index is 13.1. The number of hydrogen-bond acceptors (Lipinski definition) is 2. The Labute approximate surface area is 152 Å². The summed E-state index contributed by atoms with van der Waals surface area (Å²) in [6.07, 6.45) is -4.66. The highest BCUT2D eigenvalue weighted by atomic mass is 79.9. The molecule has 8 heteroatoms. The molecule has 0 aliphatic carbocycles. The van der Waals surface area contributed by atoms with Crippen LogP contribution in [0, 0.1) is 0 Å². The molecule has 2 rings (SSSR count). The number of carbonyl (C=O) groups excluding carboxylic acids is 2. The summed E-state index contributed by atoms with van der Waals surface area (Å²) in [7, 11) is 0. The smallest absolute Gasteiger partial charge is 0.324 e. The van der Waals surface area contributed by atoms with Gasteiger partial charge in [-0.2, -0.15) is 13.2 Å². The van der Waals surface area contributed by atoms with E-state index in [1.54, 1.807) is 6.07 Å². The van der Waals surface area contributed by atoms with Gasteiger partial charge in [0, 0.05) is 15.6 Å². The summed E-state index contributed by atoms with van der Waals surface area (Å²) in [6, 6.07) is 8.99. The lowest BCUT2D eigenvalue weighted by Crippen LogP contribution is -2.18. The zero-order valence-electron chi connectivity index (χ0n) is 12.0. The molecule has 0 aromatic heterocycles. The third-order valence-corrected chi connectivity index (χ3v) is 4.29. The Kier molecular flexibility index (Phi) is 5.82. The summed E-state index contributed by atoms with van der Waals surface area (Å²) in [5.41, 5.74) is -1.40. The van der Waals surface area contributed by atoms with E-state index < -0.39 is 29.0 Å². The Balaban J connectivity index is 2.56. The Morgan fingerprint density at radius 2 is 1.62 bits per heavy atom. The number of hydrogen-bond donors (Lipinski definition) is 1. The van der Waals surface area contributed by atoms with Crippen LogP contribution in [0.3, 0.4) is 0 Å². The molecule has 0 saturated heterocycles. The van der Waals surface area contributed by atoms with E-state index >= 15 is 0 Å². The maximum Gasteiger partial charge on any atom is 0.417 e. The van der Waals surface area contributed by atoms with Crippen molar-refractivity contribution < 1.29 is 22.8 Å². The number of carbonyl (C=O) groups is 2. The van der Waals surface area contributed by atoms with E-state index in [9.17, 15) is 22.8 Å². The first-order valence-corrected chi connectivity index (χ1v) is 8.52. The molecule has 2 aromatic rings. The number of ketones is 1. The highest BCUT2D eigenvalue weighted by molar-refractivity contribution is 9.10. The molecule has 0 aliphatic heterocycles. The number of nitrogens with one attached hydrogen (secondary N) is 1. The fraction of sp³-hybridized carbons (Fsp3) is 0.125. The van der Waals surface area contributed by atoms with Gasteiger partial charge in [0.25, 0.3) is 0 Å². The van der Waals surface area contributed by atoms with E-state index in [0.717, 1.165) is 12.1 Å². The number of alkyl halides is 4. The molecule has 0 saturated carbocycles. The van der Waals surface area contributed by atoms with Crippen LogP contribution < -0.4 is 5.32 Å². The number of para-hydroxylation sites is 1. The van der Waals surface area contributed by atoms with Crippen LogP contribution in [0.4, 0.5) is 18.9 Å². The largest absolute Gasteiger partial charge is 0.417 e. The highest BCUT2D eigenvalue weighted by Crippen LogP contribution is 2.35. The fourth-order valence-electron chi connectivity index (χ4n) is 2.09. The number of rotatable bonds is 4. The summed E-state index contributed by atoms with van der Waals surface area (Å²) in [5.74, 6) is -1.26. The first-order valence-electron chi connectivity index (χ1n) is 6.61. The average Bonchev–Trinajstić information content (AvgIpc) is 2.55. The third kappa shape index (κ3) is 4.05. The monoisotopic (exact) mass is 463 g/mol. The molecular weight excluding hydrogens is 455 g/mol. The number of benzene rings is 2. The van der Waals surface area contributed by atoms with Crippen LogP contribution in [-0.2, 0) is 11.0 Å². The molecule has 1 N–H and O–H groups in total. The lowest BCUT2D eigenvalue weighted by Gasteiger charge is -2.15. The Morgan fingerprint density at radius 1 is 1.00 bits per heavy atom. The molecule has 126 valence electrons. The fourth-order valence-corrected chi connectivity index (χ4v) is 2.69. The SMILES string of the molecule is O=C(CBr)Nc1c(Br)cccc1C(=O)c1ccccc1C(F)(F)F. The van der Waals surface area contributed by atoms with Gasteiger partial charge >= 0.3 is 6.18 Å². The summed E-state index contributed by atoms with van der Waals surface area (Å²) < 4.78 is 39.8. The van der Waals surface area contributed by atoms with Crippen LogP contribution in [0.15, 0.2) is 46.9 Å². The quantitative estimate of drug-likeness (QED) is 0.509. The normalized spacial score (nSPS) is 11.2. The predicted molar refractivity (Wildman–Crippen MR) is 91.4 cm³/mol. The van der Waals surface area contributed by atoms with E-state index in [2.05, 4.69) is 37.2 Å². The van der Waals surface area contributed by atoms with Crippen molar-refractivity contribution in [1.29, 1.82) is 0 Å². The van der Waals surface area contributed by atoms with Crippen molar-refractivity contribution in [3.8, 4) is 0 Å². The van der Waals surface area contributed by atoms with Gasteiger partial charge in [0.15, 0.2) is 5.78 Å². The summed E-state index contributed by atoms with van der Waals surface area (Å²) in [4.78, 5) is 24.3. The van der Waals surface area contributed by atoms with E-state index in [1.165, 1.54) is 24.3 Å². The second kappa shape index (κ2) is 7.48. The molecule has 0 bridgehead atoms. The van der Waals surface area contributed by atoms with Crippen LogP contribution in [0.25, 0.3) is 0 Å². The first kappa shape index (κ1) is 18.7. The molecule has 1 amide bonds. The number of halogens is 5. The van der Waals surface area contributed by atoms with Gasteiger partial charge in [-0.15, -0.1) is 0 Å². The van der Waals surface area contributed by atoms with Gasteiger partial charge in [-0.1, -0.05) is 40.2 Å². The maximum absolute atomic E-state index is 13.1. The molecule has 0 aliphatic rings. The van der Waals surface area contributed by atoms with Crippen LogP contribution in [-0.4, -0.2) is 17.0 Å².